The third kappa shape index (κ3) is 2.68. The number of nitrogens with one attached hydrogen (secondary N) is 1. The highest BCUT2D eigenvalue weighted by atomic mass is 16.3. The summed E-state index contributed by atoms with van der Waals surface area (Å²) >= 11 is 0. The summed E-state index contributed by atoms with van der Waals surface area (Å²) in [6, 6.07) is 13.7. The first-order chi connectivity index (χ1) is 10.1. The third-order valence-electron chi connectivity index (χ3n) is 3.79. The molecule has 1 amide bonds. The summed E-state index contributed by atoms with van der Waals surface area (Å²) < 4.78 is 5.46. The summed E-state index contributed by atoms with van der Waals surface area (Å²) in [6.45, 7) is 4.05. The van der Waals surface area contributed by atoms with Crippen LogP contribution in [0.3, 0.4) is 0 Å². The molecule has 0 fully saturated rings. The Morgan fingerprint density at radius 3 is 2.76 bits per heavy atom. The fourth-order valence-electron chi connectivity index (χ4n) is 2.42. The van der Waals surface area contributed by atoms with Crippen LogP contribution in [0.1, 0.15) is 16.7 Å². The minimum absolute atomic E-state index is 0.0322. The van der Waals surface area contributed by atoms with Crippen LogP contribution in [0.15, 0.2) is 53.1 Å². The van der Waals surface area contributed by atoms with E-state index in [4.69, 9.17) is 4.42 Å². The number of hydrogen-bond donors (Lipinski definition) is 1. The average Bonchev–Trinajstić information content (AvgIpc) is 2.87. The largest absolute Gasteiger partial charge is 0.464 e. The van der Waals surface area contributed by atoms with E-state index in [1.165, 1.54) is 5.56 Å². The Kier molecular flexibility index (Phi) is 3.48. The molecule has 3 heteroatoms. The highest BCUT2D eigenvalue weighted by molar-refractivity contribution is 5.95. The lowest BCUT2D eigenvalue weighted by molar-refractivity contribution is -0.115. The van der Waals surface area contributed by atoms with Gasteiger partial charge in [-0.1, -0.05) is 30.3 Å². The second kappa shape index (κ2) is 5.44. The lowest BCUT2D eigenvalue weighted by Crippen LogP contribution is -2.15. The smallest absolute Gasteiger partial charge is 0.228 e. The van der Waals surface area contributed by atoms with Crippen molar-refractivity contribution in [2.45, 2.75) is 20.3 Å². The van der Waals surface area contributed by atoms with Gasteiger partial charge in [0.15, 0.2) is 0 Å². The fraction of sp³-hybridized carbons (Fsp3) is 0.167. The van der Waals surface area contributed by atoms with E-state index in [0.717, 1.165) is 27.8 Å². The summed E-state index contributed by atoms with van der Waals surface area (Å²) in [4.78, 5) is 12.2. The molecule has 1 heterocycles. The molecule has 0 spiro atoms. The van der Waals surface area contributed by atoms with Crippen LogP contribution >= 0.6 is 0 Å². The van der Waals surface area contributed by atoms with Crippen LogP contribution in [0, 0.1) is 13.8 Å². The van der Waals surface area contributed by atoms with E-state index < -0.39 is 0 Å². The average molecular weight is 279 g/mol. The molecule has 3 rings (SSSR count). The number of furan rings is 1. The Balaban J connectivity index is 1.79. The second-order valence-electron chi connectivity index (χ2n) is 5.23. The quantitative estimate of drug-likeness (QED) is 0.779. The molecule has 0 radical (unpaired) electrons. The van der Waals surface area contributed by atoms with Crippen LogP contribution in [0.25, 0.3) is 11.0 Å². The van der Waals surface area contributed by atoms with Crippen LogP contribution in [0.2, 0.25) is 0 Å². The van der Waals surface area contributed by atoms with Crippen molar-refractivity contribution in [3.8, 4) is 0 Å². The van der Waals surface area contributed by atoms with Gasteiger partial charge in [-0.3, -0.25) is 4.79 Å². The number of amides is 1. The lowest BCUT2D eigenvalue weighted by Gasteiger charge is -2.09. The Morgan fingerprint density at radius 1 is 1.10 bits per heavy atom. The maximum absolute atomic E-state index is 12.2. The monoisotopic (exact) mass is 279 g/mol. The van der Waals surface area contributed by atoms with Crippen LogP contribution < -0.4 is 5.32 Å². The van der Waals surface area contributed by atoms with Gasteiger partial charge in [-0.05, 0) is 37.1 Å². The van der Waals surface area contributed by atoms with Crippen molar-refractivity contribution in [2.24, 2.45) is 0 Å². The SMILES string of the molecule is Cc1cccc(NC(=O)Cc2coc3ccccc23)c1C. The zero-order chi connectivity index (χ0) is 14.8. The summed E-state index contributed by atoms with van der Waals surface area (Å²) in [5, 5.41) is 3.97. The number of carbonyl (C=O) groups is 1. The first-order valence-electron chi connectivity index (χ1n) is 6.96. The summed E-state index contributed by atoms with van der Waals surface area (Å²) in [5.41, 5.74) is 4.86. The molecule has 0 aliphatic carbocycles. The number of rotatable bonds is 3. The summed E-state index contributed by atoms with van der Waals surface area (Å²) in [6.07, 6.45) is 1.97. The first-order valence-corrected chi connectivity index (χ1v) is 6.96. The van der Waals surface area contributed by atoms with Gasteiger partial charge in [0.05, 0.1) is 12.7 Å². The van der Waals surface area contributed by atoms with E-state index >= 15 is 0 Å². The van der Waals surface area contributed by atoms with Crippen molar-refractivity contribution >= 4 is 22.6 Å². The van der Waals surface area contributed by atoms with Crippen LogP contribution in [-0.4, -0.2) is 5.91 Å². The number of fused-ring (bicyclic) bond motifs is 1. The summed E-state index contributed by atoms with van der Waals surface area (Å²) in [5.74, 6) is -0.0322. The molecule has 21 heavy (non-hydrogen) atoms. The minimum Gasteiger partial charge on any atom is -0.464 e. The topological polar surface area (TPSA) is 42.2 Å². The van der Waals surface area contributed by atoms with Gasteiger partial charge < -0.3 is 9.73 Å². The van der Waals surface area contributed by atoms with Crippen molar-refractivity contribution in [3.05, 3.63) is 65.4 Å². The molecule has 0 unspecified atom stereocenters. The highest BCUT2D eigenvalue weighted by Crippen LogP contribution is 2.22. The van der Waals surface area contributed by atoms with Gasteiger partial charge in [0.1, 0.15) is 5.58 Å². The first kappa shape index (κ1) is 13.4. The molecule has 0 aliphatic rings. The molecule has 106 valence electrons. The molecule has 1 N–H and O–H groups in total. The Labute approximate surface area is 123 Å². The number of hydrogen-bond acceptors (Lipinski definition) is 2. The van der Waals surface area contributed by atoms with Gasteiger partial charge in [-0.25, -0.2) is 0 Å². The second-order valence-corrected chi connectivity index (χ2v) is 5.23. The number of carbonyl (C=O) groups excluding carboxylic acids is 1. The van der Waals surface area contributed by atoms with E-state index in [1.54, 1.807) is 6.26 Å². The molecule has 0 bridgehead atoms. The van der Waals surface area contributed by atoms with Crippen molar-refractivity contribution in [3.63, 3.8) is 0 Å². The molecule has 0 saturated heterocycles. The minimum atomic E-state index is -0.0322. The van der Waals surface area contributed by atoms with E-state index in [0.29, 0.717) is 6.42 Å². The Morgan fingerprint density at radius 2 is 1.90 bits per heavy atom. The van der Waals surface area contributed by atoms with Crippen LogP contribution in [-0.2, 0) is 11.2 Å². The standard InChI is InChI=1S/C18H17NO2/c1-12-6-5-8-16(13(12)2)19-18(20)10-14-11-21-17-9-4-3-7-15(14)17/h3-9,11H,10H2,1-2H3,(H,19,20). The predicted molar refractivity (Wildman–Crippen MR) is 84.5 cm³/mol. The normalized spacial score (nSPS) is 10.8. The van der Waals surface area contributed by atoms with Crippen molar-refractivity contribution in [2.75, 3.05) is 5.32 Å². The maximum atomic E-state index is 12.2. The fourth-order valence-corrected chi connectivity index (χ4v) is 2.42. The number of benzene rings is 2. The third-order valence-corrected chi connectivity index (χ3v) is 3.79. The lowest BCUT2D eigenvalue weighted by atomic mass is 10.1. The van der Waals surface area contributed by atoms with Gasteiger partial charge in [-0.2, -0.15) is 0 Å². The highest BCUT2D eigenvalue weighted by Gasteiger charge is 2.11. The molecule has 3 aromatic rings. The van der Waals surface area contributed by atoms with E-state index in [2.05, 4.69) is 5.32 Å². The summed E-state index contributed by atoms with van der Waals surface area (Å²) in [7, 11) is 0. The van der Waals surface area contributed by atoms with Gasteiger partial charge in [-0.15, -0.1) is 0 Å². The van der Waals surface area contributed by atoms with E-state index in [-0.39, 0.29) is 5.91 Å². The van der Waals surface area contributed by atoms with Crippen molar-refractivity contribution in [1.82, 2.24) is 0 Å². The number of anilines is 1. The van der Waals surface area contributed by atoms with Crippen molar-refractivity contribution in [1.29, 1.82) is 0 Å². The molecule has 0 aliphatic heterocycles. The molecule has 2 aromatic carbocycles. The molecule has 0 atom stereocenters. The Bertz CT molecular complexity index is 802. The zero-order valence-corrected chi connectivity index (χ0v) is 12.1. The van der Waals surface area contributed by atoms with E-state index in [1.807, 2.05) is 56.3 Å². The molecular weight excluding hydrogens is 262 g/mol. The van der Waals surface area contributed by atoms with Gasteiger partial charge >= 0.3 is 0 Å². The van der Waals surface area contributed by atoms with E-state index in [9.17, 15) is 4.79 Å². The zero-order valence-electron chi connectivity index (χ0n) is 12.1. The van der Waals surface area contributed by atoms with Crippen LogP contribution in [0.4, 0.5) is 5.69 Å². The maximum Gasteiger partial charge on any atom is 0.228 e. The van der Waals surface area contributed by atoms with Crippen LogP contribution in [0.5, 0.6) is 0 Å². The van der Waals surface area contributed by atoms with Gasteiger partial charge in [0, 0.05) is 16.6 Å². The van der Waals surface area contributed by atoms with Gasteiger partial charge in [0.2, 0.25) is 5.91 Å². The number of aryl methyl sites for hydroxylation is 1. The molecule has 0 saturated carbocycles. The Hall–Kier alpha value is -2.55. The molecule has 3 nitrogen and oxygen atoms in total. The molecular formula is C18H17NO2. The van der Waals surface area contributed by atoms with Crippen molar-refractivity contribution < 1.29 is 9.21 Å². The number of para-hydroxylation sites is 1. The molecule has 1 aromatic heterocycles. The van der Waals surface area contributed by atoms with Gasteiger partial charge in [0.25, 0.3) is 0 Å². The predicted octanol–water partition coefficient (Wildman–Crippen LogP) is 4.23.